The standard InChI is InChI=1S/C9H10N4O/c1-13-5-3-6-7(9(14)12-10)2-4-11-8(6)13/h2-5H,10H2,1H3,(H,12,14). The SMILES string of the molecule is Cn1ccc2c(C(=O)NN)ccnc21. The highest BCUT2D eigenvalue weighted by Crippen LogP contribution is 2.16. The topological polar surface area (TPSA) is 72.9 Å². The Morgan fingerprint density at radius 2 is 2.36 bits per heavy atom. The van der Waals surface area contributed by atoms with Gasteiger partial charge in [0.15, 0.2) is 0 Å². The molecule has 0 aliphatic carbocycles. The molecule has 0 unspecified atom stereocenters. The molecule has 72 valence electrons. The molecule has 1 amide bonds. The highest BCUT2D eigenvalue weighted by molar-refractivity contribution is 6.05. The predicted molar refractivity (Wildman–Crippen MR) is 52.4 cm³/mol. The summed E-state index contributed by atoms with van der Waals surface area (Å²) in [6.45, 7) is 0. The van der Waals surface area contributed by atoms with E-state index in [9.17, 15) is 4.79 Å². The lowest BCUT2D eigenvalue weighted by Crippen LogP contribution is -2.30. The third-order valence-corrected chi connectivity index (χ3v) is 2.14. The summed E-state index contributed by atoms with van der Waals surface area (Å²) in [5.74, 6) is 4.77. The Labute approximate surface area is 80.5 Å². The second-order valence-electron chi connectivity index (χ2n) is 3.00. The molecule has 0 saturated heterocycles. The van der Waals surface area contributed by atoms with Gasteiger partial charge in [-0.3, -0.25) is 10.2 Å². The molecule has 14 heavy (non-hydrogen) atoms. The van der Waals surface area contributed by atoms with Crippen LogP contribution in [0.25, 0.3) is 11.0 Å². The lowest BCUT2D eigenvalue weighted by Gasteiger charge is -2.01. The largest absolute Gasteiger partial charge is 0.336 e. The van der Waals surface area contributed by atoms with E-state index in [1.54, 1.807) is 12.3 Å². The lowest BCUT2D eigenvalue weighted by atomic mass is 10.2. The first-order chi connectivity index (χ1) is 6.74. The number of aromatic nitrogens is 2. The zero-order valence-electron chi connectivity index (χ0n) is 7.69. The number of nitrogens with zero attached hydrogens (tertiary/aromatic N) is 2. The Hall–Kier alpha value is -1.88. The number of nitrogens with one attached hydrogen (secondary N) is 1. The zero-order valence-corrected chi connectivity index (χ0v) is 7.69. The highest BCUT2D eigenvalue weighted by atomic mass is 16.2. The van der Waals surface area contributed by atoms with Crippen LogP contribution in [0.3, 0.4) is 0 Å². The first kappa shape index (κ1) is 8.71. The van der Waals surface area contributed by atoms with Crippen molar-refractivity contribution in [1.29, 1.82) is 0 Å². The quantitative estimate of drug-likeness (QED) is 0.382. The third-order valence-electron chi connectivity index (χ3n) is 2.14. The molecule has 0 aliphatic rings. The van der Waals surface area contributed by atoms with Crippen LogP contribution in [0.5, 0.6) is 0 Å². The molecule has 2 heterocycles. The van der Waals surface area contributed by atoms with E-state index < -0.39 is 0 Å². The van der Waals surface area contributed by atoms with Gasteiger partial charge in [-0.15, -0.1) is 0 Å². The molecule has 0 aromatic carbocycles. The van der Waals surface area contributed by atoms with E-state index in [0.29, 0.717) is 5.56 Å². The van der Waals surface area contributed by atoms with E-state index in [4.69, 9.17) is 5.84 Å². The molecule has 0 spiro atoms. The molecule has 5 heteroatoms. The minimum absolute atomic E-state index is 0.302. The second kappa shape index (κ2) is 3.12. The van der Waals surface area contributed by atoms with E-state index in [0.717, 1.165) is 11.0 Å². The molecule has 0 aliphatic heterocycles. The van der Waals surface area contributed by atoms with Crippen LogP contribution < -0.4 is 11.3 Å². The summed E-state index contributed by atoms with van der Waals surface area (Å²) in [5.41, 5.74) is 3.42. The van der Waals surface area contributed by atoms with Crippen molar-refractivity contribution in [3.05, 3.63) is 30.1 Å². The molecule has 0 bridgehead atoms. The maximum absolute atomic E-state index is 11.4. The fraction of sp³-hybridized carbons (Fsp3) is 0.111. The smallest absolute Gasteiger partial charge is 0.265 e. The van der Waals surface area contributed by atoms with Crippen LogP contribution in [-0.2, 0) is 7.05 Å². The number of hydrogen-bond acceptors (Lipinski definition) is 3. The number of pyridine rings is 1. The summed E-state index contributed by atoms with van der Waals surface area (Å²) in [6.07, 6.45) is 3.44. The molecule has 0 radical (unpaired) electrons. The Balaban J connectivity index is 2.71. The summed E-state index contributed by atoms with van der Waals surface area (Å²) >= 11 is 0. The summed E-state index contributed by atoms with van der Waals surface area (Å²) in [5, 5.41) is 0.804. The van der Waals surface area contributed by atoms with Gasteiger partial charge in [0.05, 0.1) is 5.56 Å². The van der Waals surface area contributed by atoms with Crippen molar-refractivity contribution in [2.45, 2.75) is 0 Å². The van der Waals surface area contributed by atoms with Crippen LogP contribution in [0.4, 0.5) is 0 Å². The van der Waals surface area contributed by atoms with Crippen molar-refractivity contribution >= 4 is 16.9 Å². The maximum Gasteiger partial charge on any atom is 0.265 e. The normalized spacial score (nSPS) is 10.4. The molecular weight excluding hydrogens is 180 g/mol. The number of hydrazine groups is 1. The zero-order chi connectivity index (χ0) is 10.1. The summed E-state index contributed by atoms with van der Waals surface area (Å²) in [6, 6.07) is 3.48. The van der Waals surface area contributed by atoms with Crippen molar-refractivity contribution in [2.24, 2.45) is 12.9 Å². The molecule has 0 atom stereocenters. The number of amides is 1. The van der Waals surface area contributed by atoms with Gasteiger partial charge in [-0.25, -0.2) is 10.8 Å². The van der Waals surface area contributed by atoms with Gasteiger partial charge in [-0.2, -0.15) is 0 Å². The van der Waals surface area contributed by atoms with Crippen LogP contribution in [-0.4, -0.2) is 15.5 Å². The first-order valence-electron chi connectivity index (χ1n) is 4.15. The van der Waals surface area contributed by atoms with Crippen molar-refractivity contribution < 1.29 is 4.79 Å². The molecular formula is C9H10N4O. The van der Waals surface area contributed by atoms with Gasteiger partial charge in [0.1, 0.15) is 5.65 Å². The van der Waals surface area contributed by atoms with Gasteiger partial charge < -0.3 is 4.57 Å². The molecule has 2 aromatic heterocycles. The Morgan fingerprint density at radius 3 is 3.07 bits per heavy atom. The van der Waals surface area contributed by atoms with E-state index in [1.165, 1.54) is 0 Å². The van der Waals surface area contributed by atoms with Crippen molar-refractivity contribution in [1.82, 2.24) is 15.0 Å². The van der Waals surface area contributed by atoms with Gasteiger partial charge in [0.2, 0.25) is 0 Å². The summed E-state index contributed by atoms with van der Waals surface area (Å²) in [7, 11) is 1.87. The Kier molecular flexibility index (Phi) is 1.94. The van der Waals surface area contributed by atoms with Crippen LogP contribution >= 0.6 is 0 Å². The molecule has 2 rings (SSSR count). The number of aryl methyl sites for hydroxylation is 1. The van der Waals surface area contributed by atoms with E-state index >= 15 is 0 Å². The van der Waals surface area contributed by atoms with Gasteiger partial charge in [-0.1, -0.05) is 0 Å². The number of nitrogens with two attached hydrogens (primary N) is 1. The van der Waals surface area contributed by atoms with Crippen molar-refractivity contribution in [2.75, 3.05) is 0 Å². The number of fused-ring (bicyclic) bond motifs is 1. The second-order valence-corrected chi connectivity index (χ2v) is 3.00. The number of nitrogen functional groups attached to an aromatic ring is 1. The lowest BCUT2D eigenvalue weighted by molar-refractivity contribution is 0.0955. The Bertz CT molecular complexity index is 489. The fourth-order valence-electron chi connectivity index (χ4n) is 1.44. The number of carbonyl (C=O) groups excluding carboxylic acids is 1. The number of rotatable bonds is 1. The Morgan fingerprint density at radius 1 is 1.57 bits per heavy atom. The fourth-order valence-corrected chi connectivity index (χ4v) is 1.44. The van der Waals surface area contributed by atoms with Crippen LogP contribution in [0, 0.1) is 0 Å². The molecule has 3 N–H and O–H groups in total. The molecule has 0 saturated carbocycles. The van der Waals surface area contributed by atoms with Gasteiger partial charge in [-0.05, 0) is 12.1 Å². The van der Waals surface area contributed by atoms with Crippen molar-refractivity contribution in [3.8, 4) is 0 Å². The maximum atomic E-state index is 11.4. The number of carbonyl (C=O) groups is 1. The minimum Gasteiger partial charge on any atom is -0.336 e. The molecule has 2 aromatic rings. The monoisotopic (exact) mass is 190 g/mol. The average Bonchev–Trinajstić information content (AvgIpc) is 2.59. The average molecular weight is 190 g/mol. The van der Waals surface area contributed by atoms with E-state index in [-0.39, 0.29) is 5.91 Å². The van der Waals surface area contributed by atoms with Gasteiger partial charge in [0.25, 0.3) is 5.91 Å². The molecule has 5 nitrogen and oxygen atoms in total. The number of hydrogen-bond donors (Lipinski definition) is 2. The van der Waals surface area contributed by atoms with E-state index in [1.807, 2.05) is 23.9 Å². The highest BCUT2D eigenvalue weighted by Gasteiger charge is 2.10. The summed E-state index contributed by atoms with van der Waals surface area (Å²) < 4.78 is 1.85. The minimum atomic E-state index is -0.302. The van der Waals surface area contributed by atoms with Gasteiger partial charge in [0, 0.05) is 24.8 Å². The predicted octanol–water partition coefficient (Wildman–Crippen LogP) is 0.177. The van der Waals surface area contributed by atoms with E-state index in [2.05, 4.69) is 10.4 Å². The van der Waals surface area contributed by atoms with Crippen LogP contribution in [0.2, 0.25) is 0 Å². The molecule has 0 fully saturated rings. The van der Waals surface area contributed by atoms with Crippen LogP contribution in [0.1, 0.15) is 10.4 Å². The van der Waals surface area contributed by atoms with Crippen LogP contribution in [0.15, 0.2) is 24.5 Å². The van der Waals surface area contributed by atoms with Gasteiger partial charge >= 0.3 is 0 Å². The first-order valence-corrected chi connectivity index (χ1v) is 4.15. The van der Waals surface area contributed by atoms with Crippen molar-refractivity contribution in [3.63, 3.8) is 0 Å². The summed E-state index contributed by atoms with van der Waals surface area (Å²) in [4.78, 5) is 15.5. The third kappa shape index (κ3) is 1.14.